The summed E-state index contributed by atoms with van der Waals surface area (Å²) in [7, 11) is 0. The molecule has 0 aromatic carbocycles. The maximum Gasteiger partial charge on any atom is 0.0642 e. The minimum Gasteiger partial charge on any atom is -0.392 e. The van der Waals surface area contributed by atoms with Gasteiger partial charge in [-0.1, -0.05) is 0 Å². The molecule has 2 saturated heterocycles. The lowest BCUT2D eigenvalue weighted by molar-refractivity contribution is -0.141. The van der Waals surface area contributed by atoms with Crippen LogP contribution in [0, 0.1) is 5.41 Å². The van der Waals surface area contributed by atoms with Crippen molar-refractivity contribution >= 4 is 0 Å². The van der Waals surface area contributed by atoms with Gasteiger partial charge in [-0.15, -0.1) is 0 Å². The second kappa shape index (κ2) is 3.32. The molecule has 12 heavy (non-hydrogen) atoms. The molecule has 0 aromatic heterocycles. The Morgan fingerprint density at radius 2 is 1.83 bits per heavy atom. The number of aliphatic hydroxyl groups excluding tert-OH is 1. The van der Waals surface area contributed by atoms with Crippen LogP contribution in [0.5, 0.6) is 0 Å². The predicted octanol–water partition coefficient (Wildman–Crippen LogP) is 0.564. The largest absolute Gasteiger partial charge is 0.392 e. The Morgan fingerprint density at radius 1 is 1.08 bits per heavy atom. The van der Waals surface area contributed by atoms with Crippen molar-refractivity contribution in [2.45, 2.75) is 25.4 Å². The zero-order valence-corrected chi connectivity index (χ0v) is 7.29. The molecule has 0 bridgehead atoms. The van der Waals surface area contributed by atoms with Crippen molar-refractivity contribution in [1.82, 2.24) is 0 Å². The molecule has 1 atom stereocenters. The van der Waals surface area contributed by atoms with E-state index in [0.717, 1.165) is 39.1 Å². The van der Waals surface area contributed by atoms with Crippen LogP contribution in [0.3, 0.4) is 0 Å². The molecular formula is C9H16O3. The van der Waals surface area contributed by atoms with Crippen LogP contribution in [0.15, 0.2) is 0 Å². The smallest absolute Gasteiger partial charge is 0.0642 e. The van der Waals surface area contributed by atoms with E-state index in [1.54, 1.807) is 0 Å². The molecule has 2 fully saturated rings. The van der Waals surface area contributed by atoms with Crippen molar-refractivity contribution < 1.29 is 14.6 Å². The number of rotatable bonds is 0. The maximum absolute atomic E-state index is 9.85. The van der Waals surface area contributed by atoms with Crippen LogP contribution in [0.1, 0.15) is 19.3 Å². The molecule has 70 valence electrons. The van der Waals surface area contributed by atoms with Crippen molar-refractivity contribution in [3.8, 4) is 0 Å². The average Bonchev–Trinajstić information content (AvgIpc) is 2.12. The van der Waals surface area contributed by atoms with E-state index < -0.39 is 0 Å². The van der Waals surface area contributed by atoms with Crippen molar-refractivity contribution in [3.63, 3.8) is 0 Å². The molecule has 0 aliphatic carbocycles. The van der Waals surface area contributed by atoms with Crippen LogP contribution in [-0.2, 0) is 9.47 Å². The molecule has 0 amide bonds. The van der Waals surface area contributed by atoms with Crippen molar-refractivity contribution in [3.05, 3.63) is 0 Å². The third-order valence-electron chi connectivity index (χ3n) is 3.12. The molecule has 3 heteroatoms. The number of ether oxygens (including phenoxy) is 2. The first-order chi connectivity index (χ1) is 5.83. The van der Waals surface area contributed by atoms with Gasteiger partial charge in [-0.3, -0.25) is 0 Å². The SMILES string of the molecule is OC1CCOCC12CCOCC2. The Morgan fingerprint density at radius 3 is 2.50 bits per heavy atom. The molecular weight excluding hydrogens is 156 g/mol. The van der Waals surface area contributed by atoms with E-state index in [4.69, 9.17) is 9.47 Å². The molecule has 0 radical (unpaired) electrons. The number of hydrogen-bond donors (Lipinski definition) is 1. The fourth-order valence-corrected chi connectivity index (χ4v) is 2.13. The maximum atomic E-state index is 9.85. The Balaban J connectivity index is 2.04. The van der Waals surface area contributed by atoms with Crippen LogP contribution in [0.4, 0.5) is 0 Å². The van der Waals surface area contributed by atoms with Crippen molar-refractivity contribution in [2.75, 3.05) is 26.4 Å². The summed E-state index contributed by atoms with van der Waals surface area (Å²) < 4.78 is 10.7. The van der Waals surface area contributed by atoms with Gasteiger partial charge >= 0.3 is 0 Å². The fraction of sp³-hybridized carbons (Fsp3) is 1.00. The van der Waals surface area contributed by atoms with Gasteiger partial charge in [0.25, 0.3) is 0 Å². The second-order valence-corrected chi connectivity index (χ2v) is 3.83. The van der Waals surface area contributed by atoms with E-state index in [1.165, 1.54) is 0 Å². The summed E-state index contributed by atoms with van der Waals surface area (Å²) in [6, 6.07) is 0. The monoisotopic (exact) mass is 172 g/mol. The van der Waals surface area contributed by atoms with Gasteiger partial charge in [-0.05, 0) is 19.3 Å². The van der Waals surface area contributed by atoms with Gasteiger partial charge in [-0.25, -0.2) is 0 Å². The minimum absolute atomic E-state index is 0.0243. The topological polar surface area (TPSA) is 38.7 Å². The highest BCUT2D eigenvalue weighted by Gasteiger charge is 2.41. The molecule has 2 aliphatic heterocycles. The van der Waals surface area contributed by atoms with Gasteiger partial charge in [0.1, 0.15) is 0 Å². The van der Waals surface area contributed by atoms with E-state index in [1.807, 2.05) is 0 Å². The van der Waals surface area contributed by atoms with Crippen LogP contribution >= 0.6 is 0 Å². The highest BCUT2D eigenvalue weighted by atomic mass is 16.5. The summed E-state index contributed by atoms with van der Waals surface area (Å²) in [5, 5.41) is 9.85. The summed E-state index contributed by atoms with van der Waals surface area (Å²) in [5.41, 5.74) is 0.0243. The quantitative estimate of drug-likeness (QED) is 0.580. The summed E-state index contributed by atoms with van der Waals surface area (Å²) in [5.74, 6) is 0. The van der Waals surface area contributed by atoms with Crippen molar-refractivity contribution in [2.24, 2.45) is 5.41 Å². The molecule has 1 N–H and O–H groups in total. The summed E-state index contributed by atoms with van der Waals surface area (Å²) >= 11 is 0. The molecule has 0 aromatic rings. The van der Waals surface area contributed by atoms with Gasteiger partial charge in [0.15, 0.2) is 0 Å². The van der Waals surface area contributed by atoms with Crippen LogP contribution in [-0.4, -0.2) is 37.6 Å². The molecule has 0 saturated carbocycles. The molecule has 1 unspecified atom stereocenters. The van der Waals surface area contributed by atoms with Crippen LogP contribution in [0.25, 0.3) is 0 Å². The minimum atomic E-state index is -0.171. The zero-order valence-electron chi connectivity index (χ0n) is 7.29. The number of aliphatic hydroxyl groups is 1. The van der Waals surface area contributed by atoms with Gasteiger partial charge in [-0.2, -0.15) is 0 Å². The van der Waals surface area contributed by atoms with E-state index in [0.29, 0.717) is 6.61 Å². The highest BCUT2D eigenvalue weighted by molar-refractivity contribution is 4.90. The first kappa shape index (κ1) is 8.48. The normalized spacial score (nSPS) is 35.2. The lowest BCUT2D eigenvalue weighted by Crippen LogP contribution is -2.47. The standard InChI is InChI=1S/C9H16O3/c10-8-1-4-12-7-9(8)2-5-11-6-3-9/h8,10H,1-7H2. The van der Waals surface area contributed by atoms with Gasteiger partial charge in [0.2, 0.25) is 0 Å². The van der Waals surface area contributed by atoms with Crippen molar-refractivity contribution in [1.29, 1.82) is 0 Å². The molecule has 1 spiro atoms. The Hall–Kier alpha value is -0.120. The number of hydrogen-bond acceptors (Lipinski definition) is 3. The van der Waals surface area contributed by atoms with Gasteiger partial charge < -0.3 is 14.6 Å². The molecule has 3 nitrogen and oxygen atoms in total. The molecule has 2 aliphatic rings. The molecule has 2 heterocycles. The first-order valence-corrected chi connectivity index (χ1v) is 4.67. The van der Waals surface area contributed by atoms with Crippen LogP contribution in [0.2, 0.25) is 0 Å². The van der Waals surface area contributed by atoms with Gasteiger partial charge in [0.05, 0.1) is 12.7 Å². The van der Waals surface area contributed by atoms with E-state index >= 15 is 0 Å². The Labute approximate surface area is 72.7 Å². The summed E-state index contributed by atoms with van der Waals surface area (Å²) in [6.07, 6.45) is 2.53. The highest BCUT2D eigenvalue weighted by Crippen LogP contribution is 2.38. The lowest BCUT2D eigenvalue weighted by Gasteiger charge is -2.43. The van der Waals surface area contributed by atoms with Gasteiger partial charge in [0, 0.05) is 25.2 Å². The third kappa shape index (κ3) is 1.37. The fourth-order valence-electron chi connectivity index (χ4n) is 2.13. The van der Waals surface area contributed by atoms with Crippen LogP contribution < -0.4 is 0 Å². The predicted molar refractivity (Wildman–Crippen MR) is 43.9 cm³/mol. The summed E-state index contributed by atoms with van der Waals surface area (Å²) in [4.78, 5) is 0. The third-order valence-corrected chi connectivity index (χ3v) is 3.12. The summed E-state index contributed by atoms with van der Waals surface area (Å²) in [6.45, 7) is 2.99. The molecule has 2 rings (SSSR count). The second-order valence-electron chi connectivity index (χ2n) is 3.83. The average molecular weight is 172 g/mol. The Kier molecular flexibility index (Phi) is 2.35. The lowest BCUT2D eigenvalue weighted by atomic mass is 9.74. The van der Waals surface area contributed by atoms with E-state index in [9.17, 15) is 5.11 Å². The Bertz CT molecular complexity index is 144. The van der Waals surface area contributed by atoms with E-state index in [-0.39, 0.29) is 11.5 Å². The first-order valence-electron chi connectivity index (χ1n) is 4.67. The zero-order chi connectivity index (χ0) is 8.44. The van der Waals surface area contributed by atoms with E-state index in [2.05, 4.69) is 0 Å².